The highest BCUT2D eigenvalue weighted by atomic mass is 16.5. The minimum absolute atomic E-state index is 0.288. The summed E-state index contributed by atoms with van der Waals surface area (Å²) < 4.78 is 5.17. The lowest BCUT2D eigenvalue weighted by Crippen LogP contribution is -2.16. The number of carboxylic acids is 1. The highest BCUT2D eigenvalue weighted by Gasteiger charge is 2.17. The maximum Gasteiger partial charge on any atom is 0.306 e. The Bertz CT molecular complexity index is 401. The molecule has 0 fully saturated rings. The van der Waals surface area contributed by atoms with Gasteiger partial charge in [0.05, 0.1) is 13.0 Å². The third kappa shape index (κ3) is 6.09. The molecule has 112 valence electrons. The number of hydrogen-bond acceptors (Lipinski definition) is 2. The van der Waals surface area contributed by atoms with Gasteiger partial charge in [-0.3, -0.25) is 4.79 Å². The lowest BCUT2D eigenvalue weighted by molar-refractivity contribution is -0.142. The van der Waals surface area contributed by atoms with Gasteiger partial charge in [-0.05, 0) is 30.5 Å². The van der Waals surface area contributed by atoms with E-state index in [1.165, 1.54) is 19.3 Å². The van der Waals surface area contributed by atoms with E-state index in [4.69, 9.17) is 4.74 Å². The van der Waals surface area contributed by atoms with Crippen LogP contribution in [0.5, 0.6) is 5.75 Å². The maximum atomic E-state index is 11.3. The van der Waals surface area contributed by atoms with Crippen LogP contribution in [0.4, 0.5) is 0 Å². The van der Waals surface area contributed by atoms with E-state index in [0.717, 1.165) is 30.6 Å². The van der Waals surface area contributed by atoms with Gasteiger partial charge < -0.3 is 9.84 Å². The molecule has 0 saturated carbocycles. The molecule has 3 heteroatoms. The molecular formula is C17H26O3. The van der Waals surface area contributed by atoms with Crippen molar-refractivity contribution in [2.45, 2.75) is 51.9 Å². The Morgan fingerprint density at radius 3 is 2.65 bits per heavy atom. The molecule has 0 aliphatic rings. The van der Waals surface area contributed by atoms with Crippen LogP contribution in [0, 0.1) is 5.92 Å². The van der Waals surface area contributed by atoms with Crippen LogP contribution in [0.1, 0.15) is 51.0 Å². The van der Waals surface area contributed by atoms with Crippen molar-refractivity contribution in [1.29, 1.82) is 0 Å². The molecule has 3 nitrogen and oxygen atoms in total. The molecule has 0 radical (unpaired) electrons. The van der Waals surface area contributed by atoms with Gasteiger partial charge in [-0.25, -0.2) is 0 Å². The average molecular weight is 278 g/mol. The number of rotatable bonds is 10. The molecule has 1 unspecified atom stereocenters. The molecule has 1 N–H and O–H groups in total. The second-order valence-corrected chi connectivity index (χ2v) is 5.29. The quantitative estimate of drug-likeness (QED) is 0.649. The number of aliphatic carboxylic acids is 1. The lowest BCUT2D eigenvalue weighted by Gasteiger charge is -2.13. The van der Waals surface area contributed by atoms with E-state index in [-0.39, 0.29) is 5.92 Å². The van der Waals surface area contributed by atoms with Crippen LogP contribution in [0.25, 0.3) is 0 Å². The lowest BCUT2D eigenvalue weighted by atomic mass is 9.93. The second-order valence-electron chi connectivity index (χ2n) is 5.29. The maximum absolute atomic E-state index is 11.3. The van der Waals surface area contributed by atoms with Crippen molar-refractivity contribution in [1.82, 2.24) is 0 Å². The molecule has 0 aliphatic heterocycles. The van der Waals surface area contributed by atoms with Crippen molar-refractivity contribution in [2.75, 3.05) is 7.11 Å². The molecule has 0 aromatic heterocycles. The van der Waals surface area contributed by atoms with Gasteiger partial charge in [-0.15, -0.1) is 0 Å². The minimum atomic E-state index is -0.691. The molecule has 20 heavy (non-hydrogen) atoms. The number of benzene rings is 1. The molecule has 0 amide bonds. The van der Waals surface area contributed by atoms with Gasteiger partial charge in [0, 0.05) is 0 Å². The normalized spacial score (nSPS) is 12.1. The summed E-state index contributed by atoms with van der Waals surface area (Å²) in [7, 11) is 1.63. The highest BCUT2D eigenvalue weighted by Crippen LogP contribution is 2.20. The summed E-state index contributed by atoms with van der Waals surface area (Å²) in [5, 5.41) is 9.33. The molecule has 0 saturated heterocycles. The van der Waals surface area contributed by atoms with Gasteiger partial charge in [-0.2, -0.15) is 0 Å². The third-order valence-corrected chi connectivity index (χ3v) is 3.62. The number of carbonyl (C=O) groups is 1. The van der Waals surface area contributed by atoms with E-state index < -0.39 is 5.97 Å². The second kappa shape index (κ2) is 9.40. The summed E-state index contributed by atoms with van der Waals surface area (Å²) in [5.74, 6) is -0.193. The SMILES string of the molecule is CCCCCCCC(Cc1cccc(OC)c1)C(=O)O. The van der Waals surface area contributed by atoms with Crippen LogP contribution < -0.4 is 4.74 Å². The third-order valence-electron chi connectivity index (χ3n) is 3.62. The minimum Gasteiger partial charge on any atom is -0.497 e. The smallest absolute Gasteiger partial charge is 0.306 e. The zero-order valence-electron chi connectivity index (χ0n) is 12.6. The van der Waals surface area contributed by atoms with Gasteiger partial charge in [0.25, 0.3) is 0 Å². The number of ether oxygens (including phenoxy) is 1. The average Bonchev–Trinajstić information content (AvgIpc) is 2.45. The Morgan fingerprint density at radius 2 is 2.00 bits per heavy atom. The van der Waals surface area contributed by atoms with E-state index in [0.29, 0.717) is 6.42 Å². The molecular weight excluding hydrogens is 252 g/mol. The molecule has 0 heterocycles. The predicted molar refractivity (Wildman–Crippen MR) is 81.2 cm³/mol. The zero-order chi connectivity index (χ0) is 14.8. The summed E-state index contributed by atoms with van der Waals surface area (Å²) in [5.41, 5.74) is 1.03. The largest absolute Gasteiger partial charge is 0.497 e. The monoisotopic (exact) mass is 278 g/mol. The van der Waals surface area contributed by atoms with Crippen molar-refractivity contribution in [3.05, 3.63) is 29.8 Å². The van der Waals surface area contributed by atoms with Gasteiger partial charge in [-0.1, -0.05) is 51.2 Å². The Morgan fingerprint density at radius 1 is 1.25 bits per heavy atom. The van der Waals surface area contributed by atoms with Gasteiger partial charge >= 0.3 is 5.97 Å². The van der Waals surface area contributed by atoms with E-state index in [1.54, 1.807) is 7.11 Å². The van der Waals surface area contributed by atoms with Crippen molar-refractivity contribution >= 4 is 5.97 Å². The molecule has 0 aliphatic carbocycles. The van der Waals surface area contributed by atoms with E-state index >= 15 is 0 Å². The van der Waals surface area contributed by atoms with E-state index in [9.17, 15) is 9.90 Å². The number of hydrogen-bond donors (Lipinski definition) is 1. The Hall–Kier alpha value is -1.51. The number of methoxy groups -OCH3 is 1. The number of unbranched alkanes of at least 4 members (excludes halogenated alkanes) is 4. The standard InChI is InChI=1S/C17H26O3/c1-3-4-5-6-7-10-15(17(18)19)12-14-9-8-11-16(13-14)20-2/h8-9,11,13,15H,3-7,10,12H2,1-2H3,(H,18,19). The summed E-state index contributed by atoms with van der Waals surface area (Å²) >= 11 is 0. The first-order valence-corrected chi connectivity index (χ1v) is 7.53. The van der Waals surface area contributed by atoms with E-state index in [1.807, 2.05) is 24.3 Å². The van der Waals surface area contributed by atoms with Crippen molar-refractivity contribution in [3.8, 4) is 5.75 Å². The summed E-state index contributed by atoms with van der Waals surface area (Å²) in [6.45, 7) is 2.18. The van der Waals surface area contributed by atoms with Crippen LogP contribution >= 0.6 is 0 Å². The molecule has 1 atom stereocenters. The summed E-state index contributed by atoms with van der Waals surface area (Å²) in [6, 6.07) is 7.68. The van der Waals surface area contributed by atoms with Crippen molar-refractivity contribution < 1.29 is 14.6 Å². The Labute approximate surface area is 122 Å². The van der Waals surface area contributed by atoms with Crippen LogP contribution in [0.3, 0.4) is 0 Å². The van der Waals surface area contributed by atoms with Crippen LogP contribution in [-0.2, 0) is 11.2 Å². The fourth-order valence-electron chi connectivity index (χ4n) is 2.39. The molecule has 0 spiro atoms. The van der Waals surface area contributed by atoms with Crippen LogP contribution in [-0.4, -0.2) is 18.2 Å². The summed E-state index contributed by atoms with van der Waals surface area (Å²) in [6.07, 6.45) is 7.15. The molecule has 1 rings (SSSR count). The topological polar surface area (TPSA) is 46.5 Å². The molecule has 1 aromatic rings. The zero-order valence-corrected chi connectivity index (χ0v) is 12.6. The number of carboxylic acid groups (broad SMARTS) is 1. The Balaban J connectivity index is 2.47. The molecule has 0 bridgehead atoms. The predicted octanol–water partition coefficient (Wildman–Crippen LogP) is 4.30. The first-order chi connectivity index (χ1) is 9.67. The summed E-state index contributed by atoms with van der Waals surface area (Å²) in [4.78, 5) is 11.3. The fraction of sp³-hybridized carbons (Fsp3) is 0.588. The fourth-order valence-corrected chi connectivity index (χ4v) is 2.39. The van der Waals surface area contributed by atoms with Gasteiger partial charge in [0.1, 0.15) is 5.75 Å². The Kier molecular flexibility index (Phi) is 7.78. The van der Waals surface area contributed by atoms with Crippen molar-refractivity contribution in [2.24, 2.45) is 5.92 Å². The van der Waals surface area contributed by atoms with Crippen molar-refractivity contribution in [3.63, 3.8) is 0 Å². The van der Waals surface area contributed by atoms with E-state index in [2.05, 4.69) is 6.92 Å². The highest BCUT2D eigenvalue weighted by molar-refractivity contribution is 5.70. The van der Waals surface area contributed by atoms with Crippen LogP contribution in [0.2, 0.25) is 0 Å². The van der Waals surface area contributed by atoms with Gasteiger partial charge in [0.15, 0.2) is 0 Å². The van der Waals surface area contributed by atoms with Gasteiger partial charge in [0.2, 0.25) is 0 Å². The molecule has 1 aromatic carbocycles. The van der Waals surface area contributed by atoms with Crippen LogP contribution in [0.15, 0.2) is 24.3 Å². The first-order valence-electron chi connectivity index (χ1n) is 7.53. The first kappa shape index (κ1) is 16.5.